The maximum absolute atomic E-state index is 12.4. The number of anilines is 4. The molecule has 2 N–H and O–H groups in total. The summed E-state index contributed by atoms with van der Waals surface area (Å²) in [6.45, 7) is 2.28. The van der Waals surface area contributed by atoms with E-state index in [0.717, 1.165) is 31.5 Å². The number of ether oxygens (including phenoxy) is 1. The lowest BCUT2D eigenvalue weighted by Gasteiger charge is -2.27. The molecular weight excluding hydrogens is 421 g/mol. The van der Waals surface area contributed by atoms with Crippen LogP contribution in [0.5, 0.6) is 5.75 Å². The van der Waals surface area contributed by atoms with Crippen LogP contribution in [-0.4, -0.2) is 34.4 Å². The number of halogens is 3. The number of benzene rings is 2. The number of alkyl halides is 3. The summed E-state index contributed by atoms with van der Waals surface area (Å²) in [4.78, 5) is 15.7. The zero-order chi connectivity index (χ0) is 22.4. The summed E-state index contributed by atoms with van der Waals surface area (Å²) in [6.07, 6.45) is -1.41. The molecule has 2 aromatic carbocycles. The average Bonchev–Trinajstić information content (AvgIpc) is 2.79. The number of piperidine rings is 1. The molecule has 0 saturated carbocycles. The van der Waals surface area contributed by atoms with Gasteiger partial charge in [0.2, 0.25) is 17.8 Å². The molecule has 0 unspecified atom stereocenters. The molecule has 1 aliphatic heterocycles. The maximum Gasteiger partial charge on any atom is 0.573 e. The quantitative estimate of drug-likeness (QED) is 0.524. The fourth-order valence-corrected chi connectivity index (χ4v) is 3.38. The van der Waals surface area contributed by atoms with Gasteiger partial charge in [0.05, 0.1) is 0 Å². The van der Waals surface area contributed by atoms with Crippen molar-refractivity contribution in [2.24, 2.45) is 0 Å². The number of hydrogen-bond acceptors (Lipinski definition) is 7. The first-order chi connectivity index (χ1) is 15.4. The smallest absolute Gasteiger partial charge is 0.406 e. The highest BCUT2D eigenvalue weighted by Gasteiger charge is 2.31. The minimum atomic E-state index is -4.73. The van der Waals surface area contributed by atoms with E-state index in [-0.39, 0.29) is 5.75 Å². The highest BCUT2D eigenvalue weighted by atomic mass is 19.4. The minimum Gasteiger partial charge on any atom is -0.406 e. The molecule has 3 aromatic rings. The first-order valence-electron chi connectivity index (χ1n) is 10.4. The molecule has 7 nitrogen and oxygen atoms in total. The van der Waals surface area contributed by atoms with Gasteiger partial charge < -0.3 is 20.3 Å². The van der Waals surface area contributed by atoms with Gasteiger partial charge in [0.15, 0.2) is 0 Å². The third-order valence-electron chi connectivity index (χ3n) is 4.90. The topological polar surface area (TPSA) is 75.2 Å². The molecule has 0 aliphatic carbocycles. The second-order valence-electron chi connectivity index (χ2n) is 7.37. The molecule has 0 spiro atoms. The first kappa shape index (κ1) is 21.7. The Hall–Kier alpha value is -3.56. The zero-order valence-electron chi connectivity index (χ0n) is 17.3. The van der Waals surface area contributed by atoms with E-state index in [9.17, 15) is 13.2 Å². The van der Waals surface area contributed by atoms with Crippen molar-refractivity contribution in [1.82, 2.24) is 15.0 Å². The number of nitrogens with one attached hydrogen (secondary N) is 2. The van der Waals surface area contributed by atoms with E-state index >= 15 is 0 Å². The molecule has 1 aliphatic rings. The normalized spacial score (nSPS) is 14.2. The predicted molar refractivity (Wildman–Crippen MR) is 116 cm³/mol. The van der Waals surface area contributed by atoms with Gasteiger partial charge in [-0.1, -0.05) is 30.3 Å². The van der Waals surface area contributed by atoms with Gasteiger partial charge in [-0.15, -0.1) is 13.2 Å². The summed E-state index contributed by atoms with van der Waals surface area (Å²) in [7, 11) is 0. The maximum atomic E-state index is 12.4. The average molecular weight is 444 g/mol. The summed E-state index contributed by atoms with van der Waals surface area (Å²) in [5.41, 5.74) is 1.62. The van der Waals surface area contributed by atoms with E-state index in [2.05, 4.69) is 35.2 Å². The van der Waals surface area contributed by atoms with Gasteiger partial charge in [0, 0.05) is 25.3 Å². The van der Waals surface area contributed by atoms with E-state index in [4.69, 9.17) is 0 Å². The van der Waals surface area contributed by atoms with Crippen molar-refractivity contribution < 1.29 is 17.9 Å². The van der Waals surface area contributed by atoms with E-state index in [1.54, 1.807) is 0 Å². The van der Waals surface area contributed by atoms with Gasteiger partial charge in [-0.05, 0) is 49.1 Å². The lowest BCUT2D eigenvalue weighted by molar-refractivity contribution is -0.274. The van der Waals surface area contributed by atoms with Crippen LogP contribution in [0, 0.1) is 0 Å². The van der Waals surface area contributed by atoms with Crippen LogP contribution in [-0.2, 0) is 6.54 Å². The molecule has 1 aromatic heterocycles. The number of rotatable bonds is 7. The van der Waals surface area contributed by atoms with E-state index in [1.807, 2.05) is 30.3 Å². The van der Waals surface area contributed by atoms with Gasteiger partial charge in [0.1, 0.15) is 5.75 Å². The van der Waals surface area contributed by atoms with Crippen molar-refractivity contribution in [2.45, 2.75) is 32.2 Å². The van der Waals surface area contributed by atoms with E-state index < -0.39 is 6.36 Å². The van der Waals surface area contributed by atoms with Crippen LogP contribution in [0.3, 0.4) is 0 Å². The van der Waals surface area contributed by atoms with Crippen LogP contribution in [0.2, 0.25) is 0 Å². The minimum absolute atomic E-state index is 0.294. The molecular formula is C22H23F3N6O. The van der Waals surface area contributed by atoms with Gasteiger partial charge in [0.25, 0.3) is 0 Å². The van der Waals surface area contributed by atoms with Crippen LogP contribution >= 0.6 is 0 Å². The largest absolute Gasteiger partial charge is 0.573 e. The molecule has 0 amide bonds. The Kier molecular flexibility index (Phi) is 6.58. The molecule has 0 radical (unpaired) electrons. The van der Waals surface area contributed by atoms with Gasteiger partial charge in [-0.25, -0.2) is 0 Å². The van der Waals surface area contributed by atoms with Crippen molar-refractivity contribution in [1.29, 1.82) is 0 Å². The van der Waals surface area contributed by atoms with Crippen molar-refractivity contribution in [2.75, 3.05) is 28.6 Å². The second kappa shape index (κ2) is 9.71. The summed E-state index contributed by atoms with van der Waals surface area (Å²) in [5, 5.41) is 6.27. The van der Waals surface area contributed by atoms with Crippen LogP contribution in [0.4, 0.5) is 36.7 Å². The van der Waals surface area contributed by atoms with Gasteiger partial charge in [-0.3, -0.25) is 0 Å². The van der Waals surface area contributed by atoms with Crippen molar-refractivity contribution in [3.8, 4) is 5.75 Å². The Bertz CT molecular complexity index is 1010. The fraction of sp³-hybridized carbons (Fsp3) is 0.318. The molecule has 1 fully saturated rings. The number of nitrogens with zero attached hydrogens (tertiary/aromatic N) is 4. The Morgan fingerprint density at radius 2 is 1.53 bits per heavy atom. The molecule has 2 heterocycles. The van der Waals surface area contributed by atoms with Crippen LogP contribution < -0.4 is 20.3 Å². The Morgan fingerprint density at radius 3 is 2.22 bits per heavy atom. The standard InChI is InChI=1S/C22H23F3N6O/c23-22(24,25)32-18-11-9-17(10-12-18)27-20-28-19(26-15-16-7-3-1-4-8-16)29-21(30-20)31-13-5-2-6-14-31/h1,3-4,7-12H,2,5-6,13-15H2,(H2,26,27,28,29,30). The second-order valence-corrected chi connectivity index (χ2v) is 7.37. The molecule has 32 heavy (non-hydrogen) atoms. The van der Waals surface area contributed by atoms with Crippen LogP contribution in [0.25, 0.3) is 0 Å². The Morgan fingerprint density at radius 1 is 0.844 bits per heavy atom. The lowest BCUT2D eigenvalue weighted by Crippen LogP contribution is -2.31. The SMILES string of the molecule is FC(F)(F)Oc1ccc(Nc2nc(NCc3ccccc3)nc(N3CCCCC3)n2)cc1. The fourth-order valence-electron chi connectivity index (χ4n) is 3.38. The third-order valence-corrected chi connectivity index (χ3v) is 4.90. The molecule has 168 valence electrons. The number of aromatic nitrogens is 3. The third kappa shape index (κ3) is 6.22. The highest BCUT2D eigenvalue weighted by molar-refractivity contribution is 5.57. The van der Waals surface area contributed by atoms with Gasteiger partial charge in [-0.2, -0.15) is 15.0 Å². The summed E-state index contributed by atoms with van der Waals surface area (Å²) >= 11 is 0. The molecule has 4 rings (SSSR count). The zero-order valence-corrected chi connectivity index (χ0v) is 17.3. The molecule has 0 atom stereocenters. The predicted octanol–water partition coefficient (Wildman–Crippen LogP) is 5.12. The lowest BCUT2D eigenvalue weighted by atomic mass is 10.1. The van der Waals surface area contributed by atoms with Crippen molar-refractivity contribution in [3.63, 3.8) is 0 Å². The van der Waals surface area contributed by atoms with Crippen LogP contribution in [0.15, 0.2) is 54.6 Å². The summed E-state index contributed by atoms with van der Waals surface area (Å²) in [6, 6.07) is 15.3. The van der Waals surface area contributed by atoms with Gasteiger partial charge >= 0.3 is 6.36 Å². The Balaban J connectivity index is 1.53. The molecule has 10 heteroatoms. The Labute approximate surface area is 183 Å². The van der Waals surface area contributed by atoms with Crippen LogP contribution in [0.1, 0.15) is 24.8 Å². The number of hydrogen-bond donors (Lipinski definition) is 2. The summed E-state index contributed by atoms with van der Waals surface area (Å²) in [5.74, 6) is 0.997. The molecule has 1 saturated heterocycles. The van der Waals surface area contributed by atoms with Crippen molar-refractivity contribution in [3.05, 3.63) is 60.2 Å². The molecule has 0 bridgehead atoms. The van der Waals surface area contributed by atoms with E-state index in [0.29, 0.717) is 30.1 Å². The van der Waals surface area contributed by atoms with E-state index in [1.165, 1.54) is 30.7 Å². The summed E-state index contributed by atoms with van der Waals surface area (Å²) < 4.78 is 41.0. The monoisotopic (exact) mass is 444 g/mol. The highest BCUT2D eigenvalue weighted by Crippen LogP contribution is 2.26. The van der Waals surface area contributed by atoms with Crippen molar-refractivity contribution >= 4 is 23.5 Å². The first-order valence-corrected chi connectivity index (χ1v) is 10.4.